The van der Waals surface area contributed by atoms with E-state index in [9.17, 15) is 0 Å². The summed E-state index contributed by atoms with van der Waals surface area (Å²) in [5.41, 5.74) is 0. The summed E-state index contributed by atoms with van der Waals surface area (Å²) in [4.78, 5) is 0. The third-order valence-electron chi connectivity index (χ3n) is 4.22. The van der Waals surface area contributed by atoms with Gasteiger partial charge in [0, 0.05) is 6.61 Å². The molecule has 146 valence electrons. The summed E-state index contributed by atoms with van der Waals surface area (Å²) in [6, 6.07) is 0. The van der Waals surface area contributed by atoms with Gasteiger partial charge in [-0.25, -0.2) is 0 Å². The van der Waals surface area contributed by atoms with Gasteiger partial charge in [0.1, 0.15) is 0 Å². The first-order valence-corrected chi connectivity index (χ1v) is 10.6. The molecule has 0 aromatic heterocycles. The Kier molecular flexibility index (Phi) is 20.8. The molecule has 1 atom stereocenters. The summed E-state index contributed by atoms with van der Waals surface area (Å²) in [7, 11) is 0. The van der Waals surface area contributed by atoms with Crippen molar-refractivity contribution in [1.82, 2.24) is 0 Å². The van der Waals surface area contributed by atoms with Gasteiger partial charge in [-0.3, -0.25) is 0 Å². The van der Waals surface area contributed by atoms with Crippen molar-refractivity contribution in [3.63, 3.8) is 0 Å². The molecule has 3 heteroatoms. The smallest absolute Gasteiger partial charge is 0.0781 e. The van der Waals surface area contributed by atoms with Crippen LogP contribution in [0.2, 0.25) is 0 Å². The number of aliphatic hydroxyl groups excluding tert-OH is 1. The summed E-state index contributed by atoms with van der Waals surface area (Å²) in [5, 5.41) is 8.64. The van der Waals surface area contributed by atoms with Crippen molar-refractivity contribution in [2.24, 2.45) is 0 Å². The molecule has 0 aliphatic carbocycles. The zero-order chi connectivity index (χ0) is 17.7. The number of aliphatic hydroxyl groups is 1. The molecule has 0 unspecified atom stereocenters. The minimum atomic E-state index is 0.373. The van der Waals surface area contributed by atoms with Crippen LogP contribution >= 0.6 is 0 Å². The molecule has 0 bridgehead atoms. The van der Waals surface area contributed by atoms with Gasteiger partial charge in [0.15, 0.2) is 0 Å². The van der Waals surface area contributed by atoms with Crippen LogP contribution in [-0.2, 0) is 9.47 Å². The molecular weight excluding hydrogens is 300 g/mol. The third-order valence-corrected chi connectivity index (χ3v) is 4.22. The Hall–Kier alpha value is -0.120. The molecule has 2 aliphatic heterocycles. The second-order valence-electron chi connectivity index (χ2n) is 7.08. The minimum absolute atomic E-state index is 0.373. The van der Waals surface area contributed by atoms with Crippen molar-refractivity contribution < 1.29 is 14.6 Å². The molecule has 0 aromatic carbocycles. The Labute approximate surface area is 151 Å². The predicted molar refractivity (Wildman–Crippen MR) is 104 cm³/mol. The molecule has 0 spiro atoms. The summed E-state index contributed by atoms with van der Waals surface area (Å²) in [5.74, 6) is 0. The molecular formula is C21H44O3. The fraction of sp³-hybridized carbons (Fsp3) is 1.00. The van der Waals surface area contributed by atoms with E-state index >= 15 is 0 Å². The lowest BCUT2D eigenvalue weighted by Gasteiger charge is -2.02. The molecule has 2 heterocycles. The van der Waals surface area contributed by atoms with E-state index in [2.05, 4.69) is 18.6 Å². The normalized spacial score (nSPS) is 17.4. The Morgan fingerprint density at radius 2 is 1.00 bits per heavy atom. The van der Waals surface area contributed by atoms with Gasteiger partial charge in [0.2, 0.25) is 0 Å². The highest BCUT2D eigenvalue weighted by Gasteiger charge is 2.13. The maximum Gasteiger partial charge on any atom is 0.0781 e. The highest BCUT2D eigenvalue weighted by molar-refractivity contribution is 4.58. The van der Waals surface area contributed by atoms with Crippen LogP contribution in [0.3, 0.4) is 0 Å². The number of unbranched alkanes of at least 4 members (excludes halogenated alkanes) is 13. The Balaban J connectivity index is 0.000000605. The molecule has 3 nitrogen and oxygen atoms in total. The topological polar surface area (TPSA) is 45.3 Å². The number of hydrogen-bond donors (Lipinski definition) is 1. The average Bonchev–Trinajstić information content (AvgIpc) is 3.47. The maximum atomic E-state index is 8.64. The first kappa shape index (κ1) is 23.9. The maximum absolute atomic E-state index is 8.64. The lowest BCUT2D eigenvalue weighted by Crippen LogP contribution is -1.84. The monoisotopic (exact) mass is 344 g/mol. The van der Waals surface area contributed by atoms with Crippen molar-refractivity contribution in [3.8, 4) is 0 Å². The molecule has 0 amide bonds. The van der Waals surface area contributed by atoms with Crippen LogP contribution in [0.5, 0.6) is 0 Å². The van der Waals surface area contributed by atoms with E-state index in [-0.39, 0.29) is 0 Å². The van der Waals surface area contributed by atoms with E-state index in [4.69, 9.17) is 9.84 Å². The second-order valence-corrected chi connectivity index (χ2v) is 7.08. The molecule has 0 radical (unpaired) electrons. The van der Waals surface area contributed by atoms with Gasteiger partial charge in [0.05, 0.1) is 25.9 Å². The first-order chi connectivity index (χ1) is 11.8. The van der Waals surface area contributed by atoms with Crippen molar-refractivity contribution in [1.29, 1.82) is 0 Å². The van der Waals surface area contributed by atoms with Crippen molar-refractivity contribution in [3.05, 3.63) is 0 Å². The fourth-order valence-corrected chi connectivity index (χ4v) is 2.40. The quantitative estimate of drug-likeness (QED) is 0.316. The zero-order valence-corrected chi connectivity index (χ0v) is 16.6. The highest BCUT2D eigenvalue weighted by Crippen LogP contribution is 2.12. The third kappa shape index (κ3) is 29.8. The molecule has 2 saturated heterocycles. The van der Waals surface area contributed by atoms with Gasteiger partial charge in [-0.2, -0.15) is 0 Å². The molecule has 1 N–H and O–H groups in total. The first-order valence-electron chi connectivity index (χ1n) is 10.6. The number of hydrogen-bond acceptors (Lipinski definition) is 3. The Bertz CT molecular complexity index is 198. The van der Waals surface area contributed by atoms with Crippen molar-refractivity contribution >= 4 is 0 Å². The standard InChI is InChI=1S/C16H34O.C3H6O.C2H4O/c1-2-3-4-5-6-7-8-9-10-11-12-13-14-15-16-17;1-3-2-4-3;1-2-3-1/h17H,2-16H2,1H3;3H,2H2,1H3;1-2H2/t;3-;/m.0./s1. The Morgan fingerprint density at radius 3 is 1.21 bits per heavy atom. The van der Waals surface area contributed by atoms with Crippen molar-refractivity contribution in [2.45, 2.75) is 110 Å². The second kappa shape index (κ2) is 20.9. The Morgan fingerprint density at radius 1 is 0.708 bits per heavy atom. The van der Waals surface area contributed by atoms with Crippen LogP contribution in [0.15, 0.2) is 0 Å². The molecule has 24 heavy (non-hydrogen) atoms. The van der Waals surface area contributed by atoms with Gasteiger partial charge >= 0.3 is 0 Å². The number of epoxide rings is 2. The van der Waals surface area contributed by atoms with E-state index < -0.39 is 0 Å². The minimum Gasteiger partial charge on any atom is -0.396 e. The largest absolute Gasteiger partial charge is 0.396 e. The van der Waals surface area contributed by atoms with Crippen LogP contribution < -0.4 is 0 Å². The molecule has 2 fully saturated rings. The summed E-state index contributed by atoms with van der Waals surface area (Å²) in [6.45, 7) is 7.69. The molecule has 2 aliphatic rings. The van der Waals surface area contributed by atoms with Gasteiger partial charge in [-0.15, -0.1) is 0 Å². The number of rotatable bonds is 14. The van der Waals surface area contributed by atoms with E-state index in [1.54, 1.807) is 0 Å². The lowest BCUT2D eigenvalue weighted by atomic mass is 10.0. The van der Waals surface area contributed by atoms with E-state index in [1.165, 1.54) is 83.5 Å². The van der Waals surface area contributed by atoms with E-state index in [0.29, 0.717) is 12.7 Å². The van der Waals surface area contributed by atoms with Crippen LogP contribution in [0.25, 0.3) is 0 Å². The predicted octanol–water partition coefficient (Wildman–Crippen LogP) is 5.88. The SMILES string of the molecule is C1CO1.CCCCCCCCCCCCCCCCO.C[C@H]1CO1. The zero-order valence-electron chi connectivity index (χ0n) is 16.6. The summed E-state index contributed by atoms with van der Waals surface area (Å²) < 4.78 is 9.21. The molecule has 2 rings (SSSR count). The summed E-state index contributed by atoms with van der Waals surface area (Å²) >= 11 is 0. The van der Waals surface area contributed by atoms with Crippen LogP contribution in [-0.4, -0.2) is 37.6 Å². The highest BCUT2D eigenvalue weighted by atomic mass is 16.6. The summed E-state index contributed by atoms with van der Waals surface area (Å²) in [6.07, 6.45) is 19.8. The molecule has 0 saturated carbocycles. The van der Waals surface area contributed by atoms with Crippen LogP contribution in [0.1, 0.15) is 104 Å². The van der Waals surface area contributed by atoms with Gasteiger partial charge in [-0.1, -0.05) is 90.4 Å². The number of ether oxygens (including phenoxy) is 2. The van der Waals surface area contributed by atoms with Gasteiger partial charge in [0.25, 0.3) is 0 Å². The van der Waals surface area contributed by atoms with Gasteiger partial charge < -0.3 is 14.6 Å². The van der Waals surface area contributed by atoms with Crippen LogP contribution in [0, 0.1) is 0 Å². The van der Waals surface area contributed by atoms with E-state index in [0.717, 1.165) is 26.2 Å². The average molecular weight is 345 g/mol. The van der Waals surface area contributed by atoms with Crippen molar-refractivity contribution in [2.75, 3.05) is 26.4 Å². The van der Waals surface area contributed by atoms with Crippen LogP contribution in [0.4, 0.5) is 0 Å². The van der Waals surface area contributed by atoms with Gasteiger partial charge in [-0.05, 0) is 13.3 Å². The lowest BCUT2D eigenvalue weighted by molar-refractivity contribution is 0.282. The molecule has 0 aromatic rings. The van der Waals surface area contributed by atoms with E-state index in [1.807, 2.05) is 0 Å². The fourth-order valence-electron chi connectivity index (χ4n) is 2.40.